The number of pyridine rings is 1. The van der Waals surface area contributed by atoms with E-state index in [4.69, 9.17) is 11.6 Å². The molecule has 2 rings (SSSR count). The Balaban J connectivity index is 2.24. The van der Waals surface area contributed by atoms with Crippen LogP contribution in [0.5, 0.6) is 0 Å². The van der Waals surface area contributed by atoms with Crippen LogP contribution in [0.25, 0.3) is 0 Å². The van der Waals surface area contributed by atoms with Gasteiger partial charge in [0, 0.05) is 15.3 Å². The van der Waals surface area contributed by atoms with Crippen molar-refractivity contribution in [2.75, 3.05) is 5.32 Å². The number of aryl methyl sites for hydroxylation is 1. The minimum atomic E-state index is -0.190. The van der Waals surface area contributed by atoms with Crippen LogP contribution in [0.3, 0.4) is 0 Å². The van der Waals surface area contributed by atoms with Crippen LogP contribution in [-0.4, -0.2) is 10.9 Å². The summed E-state index contributed by atoms with van der Waals surface area (Å²) in [4.78, 5) is 16.0. The van der Waals surface area contributed by atoms with Gasteiger partial charge in [-0.2, -0.15) is 0 Å². The quantitative estimate of drug-likeness (QED) is 0.642. The van der Waals surface area contributed by atoms with Gasteiger partial charge in [-0.25, -0.2) is 4.98 Å². The second kappa shape index (κ2) is 5.67. The third-order valence-electron chi connectivity index (χ3n) is 2.46. The molecule has 0 saturated heterocycles. The van der Waals surface area contributed by atoms with Crippen molar-refractivity contribution in [3.8, 4) is 0 Å². The molecule has 0 fully saturated rings. The first-order valence-corrected chi connectivity index (χ1v) is 6.71. The number of aromatic nitrogens is 1. The second-order valence-corrected chi connectivity index (χ2v) is 5.36. The highest BCUT2D eigenvalue weighted by Crippen LogP contribution is 2.23. The van der Waals surface area contributed by atoms with Crippen LogP contribution in [0.4, 0.5) is 5.69 Å². The van der Waals surface area contributed by atoms with Crippen molar-refractivity contribution < 1.29 is 4.79 Å². The molecule has 3 nitrogen and oxygen atoms in total. The van der Waals surface area contributed by atoms with Gasteiger partial charge < -0.3 is 5.32 Å². The first kappa shape index (κ1) is 13.3. The Morgan fingerprint density at radius 1 is 1.28 bits per heavy atom. The zero-order valence-electron chi connectivity index (χ0n) is 9.58. The minimum absolute atomic E-state index is 0.190. The van der Waals surface area contributed by atoms with Crippen LogP contribution >= 0.6 is 34.2 Å². The summed E-state index contributed by atoms with van der Waals surface area (Å²) in [5.41, 5.74) is 2.03. The molecule has 0 aliphatic heterocycles. The molecule has 0 atom stereocenters. The van der Waals surface area contributed by atoms with Gasteiger partial charge in [0.25, 0.3) is 5.91 Å². The Bertz CT molecular complexity index is 564. The van der Waals surface area contributed by atoms with Crippen molar-refractivity contribution in [3.05, 3.63) is 56.4 Å². The number of carbonyl (C=O) groups excluding carboxylic acids is 1. The Kier molecular flexibility index (Phi) is 4.19. The zero-order valence-corrected chi connectivity index (χ0v) is 12.5. The van der Waals surface area contributed by atoms with Gasteiger partial charge >= 0.3 is 0 Å². The van der Waals surface area contributed by atoms with Gasteiger partial charge in [-0.3, -0.25) is 4.79 Å². The van der Waals surface area contributed by atoms with Crippen LogP contribution in [0.2, 0.25) is 5.15 Å². The van der Waals surface area contributed by atoms with Crippen molar-refractivity contribution in [1.82, 2.24) is 4.98 Å². The number of halogens is 2. The first-order valence-electron chi connectivity index (χ1n) is 5.26. The molecule has 0 aliphatic rings. The number of hydrogen-bond acceptors (Lipinski definition) is 2. The lowest BCUT2D eigenvalue weighted by molar-refractivity contribution is 0.102. The first-order chi connectivity index (χ1) is 8.58. The molecule has 0 radical (unpaired) electrons. The number of hydrogen-bond donors (Lipinski definition) is 1. The van der Waals surface area contributed by atoms with E-state index in [1.54, 1.807) is 24.4 Å². The summed E-state index contributed by atoms with van der Waals surface area (Å²) in [6, 6.07) is 9.11. The third kappa shape index (κ3) is 3.00. The summed E-state index contributed by atoms with van der Waals surface area (Å²) in [5, 5.41) is 3.08. The Morgan fingerprint density at radius 3 is 2.56 bits per heavy atom. The molecule has 0 saturated carbocycles. The summed E-state index contributed by atoms with van der Waals surface area (Å²) < 4.78 is 1.08. The van der Waals surface area contributed by atoms with E-state index in [-0.39, 0.29) is 5.91 Å². The summed E-state index contributed by atoms with van der Waals surface area (Å²) in [5.74, 6) is -0.190. The average molecular weight is 373 g/mol. The molecule has 0 aliphatic carbocycles. The van der Waals surface area contributed by atoms with Crippen molar-refractivity contribution in [3.63, 3.8) is 0 Å². The van der Waals surface area contributed by atoms with Gasteiger partial charge in [0.1, 0.15) is 0 Å². The number of amides is 1. The van der Waals surface area contributed by atoms with Gasteiger partial charge in [-0.05, 0) is 65.4 Å². The van der Waals surface area contributed by atoms with Crippen LogP contribution in [-0.2, 0) is 0 Å². The molecule has 5 heteroatoms. The molecular formula is C13H10ClIN2O. The number of benzene rings is 1. The largest absolute Gasteiger partial charge is 0.319 e. The highest BCUT2D eigenvalue weighted by atomic mass is 127. The molecule has 1 heterocycles. The van der Waals surface area contributed by atoms with E-state index in [2.05, 4.69) is 32.9 Å². The van der Waals surface area contributed by atoms with Gasteiger partial charge in [-0.15, -0.1) is 0 Å². The summed E-state index contributed by atoms with van der Waals surface area (Å²) in [6.07, 6.45) is 1.61. The summed E-state index contributed by atoms with van der Waals surface area (Å²) in [6.45, 7) is 1.87. The molecule has 18 heavy (non-hydrogen) atoms. The van der Waals surface area contributed by atoms with Gasteiger partial charge in [0.05, 0.1) is 5.69 Å². The normalized spacial score (nSPS) is 10.2. The minimum Gasteiger partial charge on any atom is -0.319 e. The predicted molar refractivity (Wildman–Crippen MR) is 81.1 cm³/mol. The lowest BCUT2D eigenvalue weighted by atomic mass is 10.2. The fraction of sp³-hybridized carbons (Fsp3) is 0.0769. The van der Waals surface area contributed by atoms with E-state index in [1.165, 1.54) is 0 Å². The molecule has 0 unspecified atom stereocenters. The monoisotopic (exact) mass is 372 g/mol. The lowest BCUT2D eigenvalue weighted by Gasteiger charge is -2.09. The molecule has 1 amide bonds. The maximum atomic E-state index is 12.0. The smallest absolute Gasteiger partial charge is 0.255 e. The molecule has 0 spiro atoms. The Hall–Kier alpha value is -1.14. The van der Waals surface area contributed by atoms with E-state index in [0.29, 0.717) is 16.4 Å². The molecule has 0 bridgehead atoms. The third-order valence-corrected chi connectivity index (χ3v) is 3.46. The fourth-order valence-electron chi connectivity index (χ4n) is 1.46. The van der Waals surface area contributed by atoms with Crippen molar-refractivity contribution in [2.24, 2.45) is 0 Å². The zero-order chi connectivity index (χ0) is 13.1. The van der Waals surface area contributed by atoms with Crippen LogP contribution in [0.15, 0.2) is 36.5 Å². The SMILES string of the molecule is Cc1ccnc(Cl)c1NC(=O)c1ccc(I)cc1. The van der Waals surface area contributed by atoms with Gasteiger partial charge in [0.2, 0.25) is 0 Å². The number of anilines is 1. The highest BCUT2D eigenvalue weighted by Gasteiger charge is 2.10. The van der Waals surface area contributed by atoms with Crippen LogP contribution in [0.1, 0.15) is 15.9 Å². The van der Waals surface area contributed by atoms with Gasteiger partial charge in [0.15, 0.2) is 5.15 Å². The number of carbonyl (C=O) groups is 1. The Morgan fingerprint density at radius 2 is 1.94 bits per heavy atom. The highest BCUT2D eigenvalue weighted by molar-refractivity contribution is 14.1. The maximum absolute atomic E-state index is 12.0. The molecule has 1 aromatic heterocycles. The summed E-state index contributed by atoms with van der Waals surface area (Å²) >= 11 is 8.15. The van der Waals surface area contributed by atoms with E-state index >= 15 is 0 Å². The van der Waals surface area contributed by atoms with Crippen molar-refractivity contribution in [1.29, 1.82) is 0 Å². The number of rotatable bonds is 2. The molecule has 2 aromatic rings. The number of nitrogens with one attached hydrogen (secondary N) is 1. The topological polar surface area (TPSA) is 42.0 Å². The molecule has 92 valence electrons. The Labute approximate surface area is 124 Å². The predicted octanol–water partition coefficient (Wildman–Crippen LogP) is 3.90. The van der Waals surface area contributed by atoms with E-state index < -0.39 is 0 Å². The maximum Gasteiger partial charge on any atom is 0.255 e. The fourth-order valence-corrected chi connectivity index (χ4v) is 2.07. The second-order valence-electron chi connectivity index (χ2n) is 3.75. The van der Waals surface area contributed by atoms with Gasteiger partial charge in [-0.1, -0.05) is 11.6 Å². The molecule has 1 N–H and O–H groups in total. The van der Waals surface area contributed by atoms with E-state index in [1.807, 2.05) is 19.1 Å². The van der Waals surface area contributed by atoms with E-state index in [0.717, 1.165) is 9.13 Å². The van der Waals surface area contributed by atoms with Crippen LogP contribution < -0.4 is 5.32 Å². The van der Waals surface area contributed by atoms with E-state index in [9.17, 15) is 4.79 Å². The standard InChI is InChI=1S/C13H10ClIN2O/c1-8-6-7-16-12(14)11(8)17-13(18)9-2-4-10(15)5-3-9/h2-7H,1H3,(H,17,18). The number of nitrogens with zero attached hydrogens (tertiary/aromatic N) is 1. The van der Waals surface area contributed by atoms with Crippen LogP contribution in [0, 0.1) is 10.5 Å². The summed E-state index contributed by atoms with van der Waals surface area (Å²) in [7, 11) is 0. The molecule has 1 aromatic carbocycles. The van der Waals surface area contributed by atoms with Crippen molar-refractivity contribution >= 4 is 45.8 Å². The molecular weight excluding hydrogens is 363 g/mol. The lowest BCUT2D eigenvalue weighted by Crippen LogP contribution is -2.13. The average Bonchev–Trinajstić information content (AvgIpc) is 2.34. The van der Waals surface area contributed by atoms with Crippen molar-refractivity contribution in [2.45, 2.75) is 6.92 Å².